The molecule has 3 nitrogen and oxygen atoms in total. The molecule has 0 spiro atoms. The van der Waals surface area contributed by atoms with E-state index in [0.29, 0.717) is 6.54 Å². The van der Waals surface area contributed by atoms with Gasteiger partial charge in [-0.15, -0.1) is 0 Å². The Kier molecular flexibility index (Phi) is 5.88. The maximum absolute atomic E-state index is 13.0. The third-order valence-corrected chi connectivity index (χ3v) is 4.03. The number of nitrogens with zero attached hydrogens (tertiary/aromatic N) is 2. The molecule has 23 heavy (non-hydrogen) atoms. The van der Waals surface area contributed by atoms with Gasteiger partial charge in [0.15, 0.2) is 0 Å². The summed E-state index contributed by atoms with van der Waals surface area (Å²) in [6, 6.07) is 16.3. The Morgan fingerprint density at radius 2 is 1.65 bits per heavy atom. The maximum atomic E-state index is 13.0. The summed E-state index contributed by atoms with van der Waals surface area (Å²) in [5.41, 5.74) is 2.10. The molecule has 0 aliphatic carbocycles. The molecular formula is C19H23FN2O. The molecule has 0 aromatic heterocycles. The van der Waals surface area contributed by atoms with Gasteiger partial charge in [0.05, 0.1) is 12.6 Å². The lowest BCUT2D eigenvalue weighted by molar-refractivity contribution is -0.132. The molecule has 0 heterocycles. The van der Waals surface area contributed by atoms with Crippen LogP contribution in [0.3, 0.4) is 0 Å². The first-order valence-corrected chi connectivity index (χ1v) is 7.71. The Morgan fingerprint density at radius 1 is 1.04 bits per heavy atom. The zero-order valence-electron chi connectivity index (χ0n) is 13.9. The standard InChI is InChI=1S/C19H23FN2O/c1-15(17-9-11-18(20)12-10-17)22(3)19(23)14-21(2)13-16-7-5-4-6-8-16/h4-12,15H,13-14H2,1-3H3. The van der Waals surface area contributed by atoms with Gasteiger partial charge in [0.2, 0.25) is 5.91 Å². The maximum Gasteiger partial charge on any atom is 0.236 e. The Labute approximate surface area is 137 Å². The molecule has 0 aliphatic rings. The Morgan fingerprint density at radius 3 is 2.26 bits per heavy atom. The van der Waals surface area contributed by atoms with Crippen molar-refractivity contribution in [1.29, 1.82) is 0 Å². The molecular weight excluding hydrogens is 291 g/mol. The van der Waals surface area contributed by atoms with E-state index in [-0.39, 0.29) is 17.8 Å². The number of carbonyl (C=O) groups excluding carboxylic acids is 1. The van der Waals surface area contributed by atoms with Gasteiger partial charge in [0.1, 0.15) is 5.82 Å². The third-order valence-electron chi connectivity index (χ3n) is 4.03. The van der Waals surface area contributed by atoms with Gasteiger partial charge in [-0.2, -0.15) is 0 Å². The van der Waals surface area contributed by atoms with Crippen molar-refractivity contribution >= 4 is 5.91 Å². The van der Waals surface area contributed by atoms with Crippen LogP contribution in [-0.2, 0) is 11.3 Å². The Balaban J connectivity index is 1.92. The summed E-state index contributed by atoms with van der Waals surface area (Å²) >= 11 is 0. The van der Waals surface area contributed by atoms with Crippen molar-refractivity contribution in [2.45, 2.75) is 19.5 Å². The predicted molar refractivity (Wildman–Crippen MR) is 90.4 cm³/mol. The van der Waals surface area contributed by atoms with Crippen molar-refractivity contribution in [3.8, 4) is 0 Å². The monoisotopic (exact) mass is 314 g/mol. The second-order valence-electron chi connectivity index (χ2n) is 5.89. The highest BCUT2D eigenvalue weighted by molar-refractivity contribution is 5.78. The van der Waals surface area contributed by atoms with Gasteiger partial charge in [-0.25, -0.2) is 4.39 Å². The number of carbonyl (C=O) groups is 1. The highest BCUT2D eigenvalue weighted by Gasteiger charge is 2.18. The molecule has 4 heteroatoms. The van der Waals surface area contributed by atoms with E-state index in [4.69, 9.17) is 0 Å². The minimum atomic E-state index is -0.266. The van der Waals surface area contributed by atoms with Gasteiger partial charge in [-0.3, -0.25) is 9.69 Å². The lowest BCUT2D eigenvalue weighted by atomic mass is 10.1. The number of benzene rings is 2. The fraction of sp³-hybridized carbons (Fsp3) is 0.316. The fourth-order valence-corrected chi connectivity index (χ4v) is 2.47. The van der Waals surface area contributed by atoms with Crippen LogP contribution >= 0.6 is 0 Å². The van der Waals surface area contributed by atoms with Crippen LogP contribution < -0.4 is 0 Å². The molecule has 0 radical (unpaired) electrons. The molecule has 1 amide bonds. The molecule has 0 saturated heterocycles. The van der Waals surface area contributed by atoms with Crippen LogP contribution in [0.4, 0.5) is 4.39 Å². The van der Waals surface area contributed by atoms with Crippen LogP contribution in [0.25, 0.3) is 0 Å². The largest absolute Gasteiger partial charge is 0.338 e. The van der Waals surface area contributed by atoms with E-state index in [9.17, 15) is 9.18 Å². The number of amides is 1. The number of halogens is 1. The minimum absolute atomic E-state index is 0.0419. The van der Waals surface area contributed by atoms with Crippen LogP contribution in [0.15, 0.2) is 54.6 Å². The summed E-state index contributed by atoms with van der Waals surface area (Å²) in [4.78, 5) is 16.1. The Hall–Kier alpha value is -2.20. The number of hydrogen-bond donors (Lipinski definition) is 0. The molecule has 0 fully saturated rings. The summed E-state index contributed by atoms with van der Waals surface area (Å²) in [5, 5.41) is 0. The lowest BCUT2D eigenvalue weighted by Crippen LogP contribution is -2.37. The molecule has 2 aromatic carbocycles. The first-order valence-electron chi connectivity index (χ1n) is 7.71. The highest BCUT2D eigenvalue weighted by Crippen LogP contribution is 2.19. The van der Waals surface area contributed by atoms with Crippen molar-refractivity contribution in [2.75, 3.05) is 20.6 Å². The molecule has 122 valence electrons. The first kappa shape index (κ1) is 17.2. The normalized spacial score (nSPS) is 12.2. The summed E-state index contributed by atoms with van der Waals surface area (Å²) in [7, 11) is 3.72. The van der Waals surface area contributed by atoms with Gasteiger partial charge >= 0.3 is 0 Å². The molecule has 2 rings (SSSR count). The highest BCUT2D eigenvalue weighted by atomic mass is 19.1. The molecule has 2 aromatic rings. The molecule has 0 N–H and O–H groups in total. The van der Waals surface area contributed by atoms with Crippen molar-refractivity contribution < 1.29 is 9.18 Å². The van der Waals surface area contributed by atoms with Crippen molar-refractivity contribution in [1.82, 2.24) is 9.80 Å². The van der Waals surface area contributed by atoms with Gasteiger partial charge in [-0.1, -0.05) is 42.5 Å². The van der Waals surface area contributed by atoms with Gasteiger partial charge in [0, 0.05) is 13.6 Å². The van der Waals surface area contributed by atoms with E-state index in [1.165, 1.54) is 17.7 Å². The van der Waals surface area contributed by atoms with Gasteiger partial charge in [-0.05, 0) is 37.2 Å². The second kappa shape index (κ2) is 7.88. The van der Waals surface area contributed by atoms with Crippen molar-refractivity contribution in [2.24, 2.45) is 0 Å². The molecule has 0 bridgehead atoms. The van der Waals surface area contributed by atoms with Gasteiger partial charge < -0.3 is 4.90 Å². The molecule has 0 aliphatic heterocycles. The van der Waals surface area contributed by atoms with Gasteiger partial charge in [0.25, 0.3) is 0 Å². The number of likely N-dealkylation sites (N-methyl/N-ethyl adjacent to an activating group) is 2. The van der Waals surface area contributed by atoms with Crippen molar-refractivity contribution in [3.63, 3.8) is 0 Å². The minimum Gasteiger partial charge on any atom is -0.338 e. The number of rotatable bonds is 6. The smallest absolute Gasteiger partial charge is 0.236 e. The third kappa shape index (κ3) is 4.89. The SMILES string of the molecule is CC(c1ccc(F)cc1)N(C)C(=O)CN(C)Cc1ccccc1. The summed E-state index contributed by atoms with van der Waals surface area (Å²) in [6.07, 6.45) is 0. The van der Waals surface area contributed by atoms with E-state index in [2.05, 4.69) is 0 Å². The summed E-state index contributed by atoms with van der Waals surface area (Å²) in [6.45, 7) is 3.02. The van der Waals surface area contributed by atoms with Crippen LogP contribution in [0, 0.1) is 5.82 Å². The number of hydrogen-bond acceptors (Lipinski definition) is 2. The van der Waals surface area contributed by atoms with E-state index in [1.54, 1.807) is 24.1 Å². The second-order valence-corrected chi connectivity index (χ2v) is 5.89. The predicted octanol–water partition coefficient (Wildman–Crippen LogP) is 3.48. The lowest BCUT2D eigenvalue weighted by Gasteiger charge is -2.27. The quantitative estimate of drug-likeness (QED) is 0.815. The van der Waals surface area contributed by atoms with E-state index >= 15 is 0 Å². The van der Waals surface area contributed by atoms with Crippen LogP contribution in [-0.4, -0.2) is 36.3 Å². The van der Waals surface area contributed by atoms with E-state index in [0.717, 1.165) is 12.1 Å². The average molecular weight is 314 g/mol. The summed E-state index contributed by atoms with van der Waals surface area (Å²) in [5.74, 6) is -0.224. The average Bonchev–Trinajstić information content (AvgIpc) is 2.55. The zero-order chi connectivity index (χ0) is 16.8. The molecule has 1 atom stereocenters. The zero-order valence-corrected chi connectivity index (χ0v) is 13.9. The topological polar surface area (TPSA) is 23.6 Å². The van der Waals surface area contributed by atoms with Crippen LogP contribution in [0.5, 0.6) is 0 Å². The van der Waals surface area contributed by atoms with Crippen molar-refractivity contribution in [3.05, 3.63) is 71.5 Å². The summed E-state index contributed by atoms with van der Waals surface area (Å²) < 4.78 is 13.0. The molecule has 1 unspecified atom stereocenters. The fourth-order valence-electron chi connectivity index (χ4n) is 2.47. The van der Waals surface area contributed by atoms with Crippen LogP contribution in [0.1, 0.15) is 24.1 Å². The first-order chi connectivity index (χ1) is 11.0. The Bertz CT molecular complexity index is 628. The van der Waals surface area contributed by atoms with E-state index < -0.39 is 0 Å². The van der Waals surface area contributed by atoms with E-state index in [1.807, 2.05) is 49.2 Å². The van der Waals surface area contributed by atoms with Crippen LogP contribution in [0.2, 0.25) is 0 Å². The molecule has 0 saturated carbocycles.